The van der Waals surface area contributed by atoms with Crippen LogP contribution in [0.15, 0.2) is 47.4 Å². The van der Waals surface area contributed by atoms with Crippen molar-refractivity contribution in [3.63, 3.8) is 0 Å². The highest BCUT2D eigenvalue weighted by Crippen LogP contribution is 2.27. The Bertz CT molecular complexity index is 565. The predicted molar refractivity (Wildman–Crippen MR) is 85.5 cm³/mol. The number of benzene rings is 2. The first-order valence-corrected chi connectivity index (χ1v) is 7.61. The van der Waals surface area contributed by atoms with Crippen molar-refractivity contribution in [3.8, 4) is 0 Å². The van der Waals surface area contributed by atoms with Crippen LogP contribution in [0.25, 0.3) is 0 Å². The fraction of sp³-hybridized carbons (Fsp3) is 0.294. The van der Waals surface area contributed by atoms with Crippen LogP contribution < -0.4 is 5.73 Å². The summed E-state index contributed by atoms with van der Waals surface area (Å²) in [5, 5.41) is 0. The fourth-order valence-electron chi connectivity index (χ4n) is 1.94. The summed E-state index contributed by atoms with van der Waals surface area (Å²) in [7, 11) is 0. The Hall–Kier alpha value is -1.48. The Morgan fingerprint density at radius 1 is 1.05 bits per heavy atom. The van der Waals surface area contributed by atoms with E-state index in [1.807, 2.05) is 0 Å². The highest BCUT2D eigenvalue weighted by molar-refractivity contribution is 7.98. The number of nitrogens with two attached hydrogens (primary N) is 1. The largest absolute Gasteiger partial charge is 0.399 e. The van der Waals surface area contributed by atoms with Crippen molar-refractivity contribution < 1.29 is 4.39 Å². The van der Waals surface area contributed by atoms with Gasteiger partial charge in [-0.1, -0.05) is 45.0 Å². The molecule has 106 valence electrons. The van der Waals surface area contributed by atoms with Crippen LogP contribution in [0.1, 0.15) is 31.9 Å². The van der Waals surface area contributed by atoms with Gasteiger partial charge in [-0.2, -0.15) is 0 Å². The minimum absolute atomic E-state index is 0.169. The van der Waals surface area contributed by atoms with Gasteiger partial charge < -0.3 is 5.73 Å². The molecule has 0 saturated carbocycles. The van der Waals surface area contributed by atoms with Gasteiger partial charge in [0.15, 0.2) is 0 Å². The first-order valence-electron chi connectivity index (χ1n) is 6.63. The van der Waals surface area contributed by atoms with Crippen molar-refractivity contribution in [1.82, 2.24) is 0 Å². The monoisotopic (exact) mass is 289 g/mol. The highest BCUT2D eigenvalue weighted by atomic mass is 32.2. The molecule has 2 rings (SSSR count). The molecule has 2 N–H and O–H groups in total. The van der Waals surface area contributed by atoms with E-state index in [1.54, 1.807) is 17.8 Å². The number of hydrogen-bond donors (Lipinski definition) is 1. The summed E-state index contributed by atoms with van der Waals surface area (Å²) in [4.78, 5) is 0.863. The fourth-order valence-corrected chi connectivity index (χ4v) is 2.88. The second kappa shape index (κ2) is 5.88. The molecule has 0 unspecified atom stereocenters. The van der Waals surface area contributed by atoms with E-state index < -0.39 is 0 Å². The van der Waals surface area contributed by atoms with Gasteiger partial charge in [0.05, 0.1) is 0 Å². The van der Waals surface area contributed by atoms with E-state index in [0.29, 0.717) is 5.69 Å². The molecule has 2 aromatic carbocycles. The number of thioether (sulfide) groups is 1. The molecule has 20 heavy (non-hydrogen) atoms. The maximum atomic E-state index is 13.2. The summed E-state index contributed by atoms with van der Waals surface area (Å²) >= 11 is 1.60. The predicted octanol–water partition coefficient (Wildman–Crippen LogP) is 5.00. The van der Waals surface area contributed by atoms with Crippen LogP contribution in [-0.4, -0.2) is 0 Å². The van der Waals surface area contributed by atoms with Gasteiger partial charge in [-0.25, -0.2) is 4.39 Å². The summed E-state index contributed by atoms with van der Waals surface area (Å²) in [5.41, 5.74) is 8.83. The van der Waals surface area contributed by atoms with Crippen molar-refractivity contribution in [2.24, 2.45) is 0 Å². The number of rotatable bonds is 3. The van der Waals surface area contributed by atoms with Crippen LogP contribution in [0.2, 0.25) is 0 Å². The Balaban J connectivity index is 2.04. The molecule has 0 amide bonds. The molecule has 3 heteroatoms. The Morgan fingerprint density at radius 2 is 1.70 bits per heavy atom. The van der Waals surface area contributed by atoms with Crippen LogP contribution in [0, 0.1) is 5.82 Å². The third-order valence-corrected chi connectivity index (χ3v) is 4.17. The van der Waals surface area contributed by atoms with Gasteiger partial charge in [0.2, 0.25) is 0 Å². The molecule has 0 spiro atoms. The molecule has 0 fully saturated rings. The first kappa shape index (κ1) is 14.9. The molecule has 0 aliphatic heterocycles. The van der Waals surface area contributed by atoms with Crippen molar-refractivity contribution in [2.45, 2.75) is 36.8 Å². The van der Waals surface area contributed by atoms with Crippen molar-refractivity contribution in [3.05, 3.63) is 59.4 Å². The number of halogens is 1. The van der Waals surface area contributed by atoms with E-state index in [-0.39, 0.29) is 11.2 Å². The molecule has 2 aromatic rings. The van der Waals surface area contributed by atoms with Gasteiger partial charge >= 0.3 is 0 Å². The maximum absolute atomic E-state index is 13.2. The van der Waals surface area contributed by atoms with Crippen LogP contribution in [0.5, 0.6) is 0 Å². The molecular formula is C17H20FNS. The lowest BCUT2D eigenvalue weighted by atomic mass is 9.87. The first-order chi connectivity index (χ1) is 9.34. The zero-order chi connectivity index (χ0) is 14.8. The van der Waals surface area contributed by atoms with E-state index in [4.69, 9.17) is 5.73 Å². The second-order valence-electron chi connectivity index (χ2n) is 5.96. The van der Waals surface area contributed by atoms with Crippen LogP contribution in [-0.2, 0) is 11.2 Å². The summed E-state index contributed by atoms with van der Waals surface area (Å²) < 4.78 is 13.2. The molecule has 1 nitrogen and oxygen atoms in total. The standard InChI is InChI=1S/C17H20FNS/c1-17(2,3)13-6-4-12(5-7-13)11-20-16-9-14(18)8-15(19)10-16/h4-10H,11,19H2,1-3H3. The average molecular weight is 289 g/mol. The third-order valence-electron chi connectivity index (χ3n) is 3.12. The van der Waals surface area contributed by atoms with Gasteiger partial charge in [0.1, 0.15) is 5.82 Å². The van der Waals surface area contributed by atoms with Crippen LogP contribution in [0.3, 0.4) is 0 Å². The summed E-state index contributed by atoms with van der Waals surface area (Å²) in [5.74, 6) is 0.531. The SMILES string of the molecule is CC(C)(C)c1ccc(CSc2cc(N)cc(F)c2)cc1. The third kappa shape index (κ3) is 4.01. The molecule has 0 saturated heterocycles. The van der Waals surface area contributed by atoms with E-state index in [9.17, 15) is 4.39 Å². The van der Waals surface area contributed by atoms with E-state index in [1.165, 1.54) is 23.3 Å². The molecule has 0 heterocycles. The topological polar surface area (TPSA) is 26.0 Å². The lowest BCUT2D eigenvalue weighted by Gasteiger charge is -2.19. The van der Waals surface area contributed by atoms with Crippen LogP contribution >= 0.6 is 11.8 Å². The smallest absolute Gasteiger partial charge is 0.126 e. The lowest BCUT2D eigenvalue weighted by molar-refractivity contribution is 0.590. The highest BCUT2D eigenvalue weighted by Gasteiger charge is 2.12. The zero-order valence-corrected chi connectivity index (χ0v) is 12.9. The molecular weight excluding hydrogens is 269 g/mol. The summed E-state index contributed by atoms with van der Waals surface area (Å²) in [6.07, 6.45) is 0. The average Bonchev–Trinajstić information content (AvgIpc) is 2.35. The summed E-state index contributed by atoms with van der Waals surface area (Å²) in [6.45, 7) is 6.60. The quantitative estimate of drug-likeness (QED) is 0.636. The molecule has 0 aliphatic rings. The molecule has 0 atom stereocenters. The number of nitrogen functional groups attached to an aromatic ring is 1. The van der Waals surface area contributed by atoms with Crippen LogP contribution in [0.4, 0.5) is 10.1 Å². The lowest BCUT2D eigenvalue weighted by Crippen LogP contribution is -2.10. The molecule has 0 radical (unpaired) electrons. The van der Waals surface area contributed by atoms with Gasteiger partial charge in [-0.3, -0.25) is 0 Å². The van der Waals surface area contributed by atoms with E-state index in [2.05, 4.69) is 45.0 Å². The van der Waals surface area contributed by atoms with Crippen molar-refractivity contribution in [2.75, 3.05) is 5.73 Å². The van der Waals surface area contributed by atoms with Gasteiger partial charge in [-0.15, -0.1) is 11.8 Å². The maximum Gasteiger partial charge on any atom is 0.126 e. The Morgan fingerprint density at radius 3 is 2.25 bits per heavy atom. The van der Waals surface area contributed by atoms with Crippen molar-refractivity contribution >= 4 is 17.4 Å². The minimum atomic E-state index is -0.282. The second-order valence-corrected chi connectivity index (χ2v) is 7.00. The molecule has 0 aliphatic carbocycles. The van der Waals surface area contributed by atoms with Gasteiger partial charge in [0, 0.05) is 16.3 Å². The molecule has 0 bridgehead atoms. The van der Waals surface area contributed by atoms with Gasteiger partial charge in [-0.05, 0) is 34.7 Å². The molecule has 0 aromatic heterocycles. The van der Waals surface area contributed by atoms with Gasteiger partial charge in [0.25, 0.3) is 0 Å². The van der Waals surface area contributed by atoms with E-state index in [0.717, 1.165) is 10.6 Å². The summed E-state index contributed by atoms with van der Waals surface area (Å²) in [6, 6.07) is 13.3. The Kier molecular flexibility index (Phi) is 4.39. The van der Waals surface area contributed by atoms with E-state index >= 15 is 0 Å². The Labute approximate surface area is 124 Å². The number of anilines is 1. The van der Waals surface area contributed by atoms with Crippen molar-refractivity contribution in [1.29, 1.82) is 0 Å². The minimum Gasteiger partial charge on any atom is -0.399 e. The normalized spacial score (nSPS) is 11.6. The zero-order valence-electron chi connectivity index (χ0n) is 12.1. The number of hydrogen-bond acceptors (Lipinski definition) is 2.